The molecule has 5 nitrogen and oxygen atoms in total. The van der Waals surface area contributed by atoms with Crippen molar-refractivity contribution in [2.24, 2.45) is 5.73 Å². The number of nitrogens with zero attached hydrogens (tertiary/aromatic N) is 1. The fraction of sp³-hybridized carbons (Fsp3) is 0.556. The Morgan fingerprint density at radius 3 is 2.26 bits per heavy atom. The summed E-state index contributed by atoms with van der Waals surface area (Å²) in [5, 5.41) is 3.04. The molecule has 2 amide bonds. The fourth-order valence-corrected chi connectivity index (χ4v) is 2.51. The molecule has 3 N–H and O–H groups in total. The first-order valence-electron chi connectivity index (χ1n) is 8.27. The molecule has 0 aliphatic rings. The van der Waals surface area contributed by atoms with E-state index in [-0.39, 0.29) is 23.8 Å². The van der Waals surface area contributed by atoms with Crippen molar-refractivity contribution in [3.63, 3.8) is 0 Å². The molecule has 0 unspecified atom stereocenters. The summed E-state index contributed by atoms with van der Waals surface area (Å²) in [4.78, 5) is 25.7. The zero-order chi connectivity index (χ0) is 17.3. The van der Waals surface area contributed by atoms with Gasteiger partial charge in [-0.25, -0.2) is 0 Å². The highest BCUT2D eigenvalue weighted by Gasteiger charge is 2.26. The molecule has 0 atom stereocenters. The molecular weight excluding hydrogens is 290 g/mol. The van der Waals surface area contributed by atoms with Gasteiger partial charge in [-0.1, -0.05) is 44.2 Å². The molecule has 0 heterocycles. The highest BCUT2D eigenvalue weighted by molar-refractivity contribution is 5.78. The molecule has 23 heavy (non-hydrogen) atoms. The summed E-state index contributed by atoms with van der Waals surface area (Å²) in [5.74, 6) is -0.0869. The third-order valence-electron chi connectivity index (χ3n) is 4.42. The molecule has 128 valence electrons. The van der Waals surface area contributed by atoms with Crippen LogP contribution in [0.4, 0.5) is 0 Å². The molecule has 0 aliphatic carbocycles. The topological polar surface area (TPSA) is 75.4 Å². The summed E-state index contributed by atoms with van der Waals surface area (Å²) in [7, 11) is 0. The van der Waals surface area contributed by atoms with E-state index in [1.807, 2.05) is 44.2 Å². The Balaban J connectivity index is 2.58. The SMILES string of the molecule is CCC(CC)(CN)NC(=O)CCN(Cc1ccccc1)C(C)=O. The largest absolute Gasteiger partial charge is 0.349 e. The van der Waals surface area contributed by atoms with Gasteiger partial charge in [-0.05, 0) is 18.4 Å². The quantitative estimate of drug-likeness (QED) is 0.731. The van der Waals surface area contributed by atoms with Gasteiger partial charge < -0.3 is 16.0 Å². The van der Waals surface area contributed by atoms with Gasteiger partial charge in [0.15, 0.2) is 0 Å². The molecule has 0 bridgehead atoms. The normalized spacial score (nSPS) is 11.1. The number of amides is 2. The van der Waals surface area contributed by atoms with Crippen molar-refractivity contribution in [3.8, 4) is 0 Å². The van der Waals surface area contributed by atoms with Gasteiger partial charge in [0.25, 0.3) is 0 Å². The molecule has 0 spiro atoms. The molecular formula is C18H29N3O2. The summed E-state index contributed by atoms with van der Waals surface area (Å²) in [6.07, 6.45) is 1.88. The summed E-state index contributed by atoms with van der Waals surface area (Å²) in [6.45, 7) is 6.92. The van der Waals surface area contributed by atoms with Gasteiger partial charge in [-0.3, -0.25) is 9.59 Å². The predicted octanol–water partition coefficient (Wildman–Crippen LogP) is 2.06. The maximum Gasteiger partial charge on any atom is 0.222 e. The molecule has 0 aliphatic heterocycles. The maximum absolute atomic E-state index is 12.2. The Labute approximate surface area is 139 Å². The van der Waals surface area contributed by atoms with Crippen LogP contribution in [0.1, 0.15) is 45.6 Å². The minimum atomic E-state index is -0.336. The van der Waals surface area contributed by atoms with E-state index in [1.165, 1.54) is 6.92 Å². The number of carbonyl (C=O) groups is 2. The summed E-state index contributed by atoms with van der Waals surface area (Å²) in [6, 6.07) is 9.78. The Hall–Kier alpha value is -1.88. The van der Waals surface area contributed by atoms with E-state index in [9.17, 15) is 9.59 Å². The van der Waals surface area contributed by atoms with E-state index in [1.54, 1.807) is 4.90 Å². The number of nitrogens with one attached hydrogen (secondary N) is 1. The molecule has 1 aromatic carbocycles. The van der Waals surface area contributed by atoms with Gasteiger partial charge in [0.1, 0.15) is 0 Å². The lowest BCUT2D eigenvalue weighted by molar-refractivity contribution is -0.130. The van der Waals surface area contributed by atoms with Crippen molar-refractivity contribution in [1.29, 1.82) is 0 Å². The van der Waals surface area contributed by atoms with Crippen LogP contribution in [0, 0.1) is 0 Å². The average molecular weight is 319 g/mol. The van der Waals surface area contributed by atoms with E-state index < -0.39 is 0 Å². The molecule has 5 heteroatoms. The Bertz CT molecular complexity index is 490. The van der Waals surface area contributed by atoms with Crippen LogP contribution in [-0.2, 0) is 16.1 Å². The number of nitrogens with two attached hydrogens (primary N) is 1. The first kappa shape index (κ1) is 19.2. The van der Waals surface area contributed by atoms with Gasteiger partial charge in [-0.2, -0.15) is 0 Å². The van der Waals surface area contributed by atoms with Crippen molar-refractivity contribution in [3.05, 3.63) is 35.9 Å². The van der Waals surface area contributed by atoms with Gasteiger partial charge in [-0.15, -0.1) is 0 Å². The number of hydrogen-bond acceptors (Lipinski definition) is 3. The van der Waals surface area contributed by atoms with Crippen LogP contribution in [0.2, 0.25) is 0 Å². The van der Waals surface area contributed by atoms with Gasteiger partial charge in [0.05, 0.1) is 5.54 Å². The van der Waals surface area contributed by atoms with Crippen molar-refractivity contribution in [2.45, 2.75) is 52.1 Å². The fourth-order valence-electron chi connectivity index (χ4n) is 2.51. The molecule has 0 aromatic heterocycles. The molecule has 0 fully saturated rings. The first-order valence-corrected chi connectivity index (χ1v) is 8.27. The minimum absolute atomic E-state index is 0.0299. The molecule has 0 radical (unpaired) electrons. The van der Waals surface area contributed by atoms with Crippen LogP contribution in [0.3, 0.4) is 0 Å². The lowest BCUT2D eigenvalue weighted by Gasteiger charge is -2.32. The van der Waals surface area contributed by atoms with E-state index in [0.717, 1.165) is 18.4 Å². The highest BCUT2D eigenvalue weighted by atomic mass is 16.2. The number of rotatable bonds is 9. The maximum atomic E-state index is 12.2. The lowest BCUT2D eigenvalue weighted by atomic mass is 9.93. The minimum Gasteiger partial charge on any atom is -0.349 e. The second-order valence-electron chi connectivity index (χ2n) is 5.92. The van der Waals surface area contributed by atoms with Gasteiger partial charge in [0, 0.05) is 33.0 Å². The third kappa shape index (κ3) is 6.02. The van der Waals surface area contributed by atoms with Crippen LogP contribution < -0.4 is 11.1 Å². The van der Waals surface area contributed by atoms with Crippen LogP contribution in [0.25, 0.3) is 0 Å². The average Bonchev–Trinajstić information content (AvgIpc) is 2.57. The van der Waals surface area contributed by atoms with E-state index >= 15 is 0 Å². The number of carbonyl (C=O) groups excluding carboxylic acids is 2. The van der Waals surface area contributed by atoms with Crippen LogP contribution in [0.15, 0.2) is 30.3 Å². The van der Waals surface area contributed by atoms with Gasteiger partial charge in [0.2, 0.25) is 11.8 Å². The van der Waals surface area contributed by atoms with Crippen LogP contribution >= 0.6 is 0 Å². The van der Waals surface area contributed by atoms with E-state index in [4.69, 9.17) is 5.73 Å². The van der Waals surface area contributed by atoms with E-state index in [2.05, 4.69) is 5.32 Å². The third-order valence-corrected chi connectivity index (χ3v) is 4.42. The Kier molecular flexibility index (Phi) is 7.75. The molecule has 1 rings (SSSR count). The zero-order valence-electron chi connectivity index (χ0n) is 14.5. The summed E-state index contributed by atoms with van der Waals surface area (Å²) >= 11 is 0. The predicted molar refractivity (Wildman–Crippen MR) is 92.7 cm³/mol. The number of benzene rings is 1. The Morgan fingerprint density at radius 1 is 1.17 bits per heavy atom. The second kappa shape index (κ2) is 9.30. The zero-order valence-corrected chi connectivity index (χ0v) is 14.5. The monoisotopic (exact) mass is 319 g/mol. The van der Waals surface area contributed by atoms with Crippen LogP contribution in [0.5, 0.6) is 0 Å². The lowest BCUT2D eigenvalue weighted by Crippen LogP contribution is -2.53. The Morgan fingerprint density at radius 2 is 1.78 bits per heavy atom. The standard InChI is InChI=1S/C18H29N3O2/c1-4-18(5-2,14-19)20-17(23)11-12-21(15(3)22)13-16-9-7-6-8-10-16/h6-10H,4-5,11-14,19H2,1-3H3,(H,20,23). The van der Waals surface area contributed by atoms with Crippen LogP contribution in [-0.4, -0.2) is 35.3 Å². The molecule has 1 aromatic rings. The summed E-state index contributed by atoms with van der Waals surface area (Å²) < 4.78 is 0. The van der Waals surface area contributed by atoms with Crippen molar-refractivity contribution < 1.29 is 9.59 Å². The second-order valence-corrected chi connectivity index (χ2v) is 5.92. The smallest absolute Gasteiger partial charge is 0.222 e. The van der Waals surface area contributed by atoms with Crippen molar-refractivity contribution >= 4 is 11.8 Å². The van der Waals surface area contributed by atoms with E-state index in [0.29, 0.717) is 19.6 Å². The van der Waals surface area contributed by atoms with Gasteiger partial charge >= 0.3 is 0 Å². The summed E-state index contributed by atoms with van der Waals surface area (Å²) in [5.41, 5.74) is 6.53. The molecule has 0 saturated heterocycles. The van der Waals surface area contributed by atoms with Crippen molar-refractivity contribution in [1.82, 2.24) is 10.2 Å². The molecule has 0 saturated carbocycles. The number of hydrogen-bond donors (Lipinski definition) is 2. The highest BCUT2D eigenvalue weighted by Crippen LogP contribution is 2.13. The first-order chi connectivity index (χ1) is 11.0. The van der Waals surface area contributed by atoms with Crippen molar-refractivity contribution in [2.75, 3.05) is 13.1 Å².